The molecule has 0 bridgehead atoms. The minimum absolute atomic E-state index is 0.122. The zero-order valence-corrected chi connectivity index (χ0v) is 14.9. The van der Waals surface area contributed by atoms with E-state index in [1.54, 1.807) is 24.3 Å². The monoisotopic (exact) mass is 339 g/mol. The minimum Gasteiger partial charge on any atom is -0.347 e. The fourth-order valence-electron chi connectivity index (χ4n) is 2.24. The molecule has 25 heavy (non-hydrogen) atoms. The third-order valence-electron chi connectivity index (χ3n) is 3.38. The van der Waals surface area contributed by atoms with Crippen LogP contribution in [0.1, 0.15) is 36.7 Å². The maximum atomic E-state index is 12.1. The summed E-state index contributed by atoms with van der Waals surface area (Å²) in [6.45, 7) is 6.66. The number of amides is 2. The van der Waals surface area contributed by atoms with Crippen LogP contribution in [0.4, 0.5) is 5.69 Å². The van der Waals surface area contributed by atoms with Crippen LogP contribution in [0.5, 0.6) is 0 Å². The standard InChI is InChI=1S/C20H25N3O2/c1-20(2,3)23-19(25)16-9-11-17(12-10-16)22-18(24)14-21-13-15-7-5-4-6-8-15/h4-12,21H,13-14H2,1-3H3,(H,22,24)(H,23,25). The second-order valence-electron chi connectivity index (χ2n) is 6.92. The number of rotatable bonds is 6. The van der Waals surface area contributed by atoms with E-state index in [9.17, 15) is 9.59 Å². The van der Waals surface area contributed by atoms with Gasteiger partial charge in [-0.1, -0.05) is 30.3 Å². The molecule has 0 fully saturated rings. The van der Waals surface area contributed by atoms with Crippen molar-refractivity contribution in [2.75, 3.05) is 11.9 Å². The van der Waals surface area contributed by atoms with Crippen molar-refractivity contribution in [1.82, 2.24) is 10.6 Å². The van der Waals surface area contributed by atoms with Gasteiger partial charge in [-0.15, -0.1) is 0 Å². The minimum atomic E-state index is -0.283. The molecule has 0 unspecified atom stereocenters. The molecule has 0 heterocycles. The molecule has 0 saturated carbocycles. The van der Waals surface area contributed by atoms with E-state index in [1.807, 2.05) is 51.1 Å². The highest BCUT2D eigenvalue weighted by Crippen LogP contribution is 2.11. The first-order valence-electron chi connectivity index (χ1n) is 8.30. The second kappa shape index (κ2) is 8.44. The van der Waals surface area contributed by atoms with E-state index in [-0.39, 0.29) is 23.9 Å². The van der Waals surface area contributed by atoms with Crippen molar-refractivity contribution in [1.29, 1.82) is 0 Å². The van der Waals surface area contributed by atoms with Gasteiger partial charge in [0.25, 0.3) is 5.91 Å². The molecule has 2 rings (SSSR count). The van der Waals surface area contributed by atoms with Crippen molar-refractivity contribution in [3.63, 3.8) is 0 Å². The van der Waals surface area contributed by atoms with Crippen molar-refractivity contribution < 1.29 is 9.59 Å². The number of carbonyl (C=O) groups excluding carboxylic acids is 2. The van der Waals surface area contributed by atoms with E-state index in [0.29, 0.717) is 17.8 Å². The molecule has 132 valence electrons. The van der Waals surface area contributed by atoms with Crippen LogP contribution < -0.4 is 16.0 Å². The lowest BCUT2D eigenvalue weighted by Gasteiger charge is -2.20. The van der Waals surface area contributed by atoms with Crippen LogP contribution >= 0.6 is 0 Å². The van der Waals surface area contributed by atoms with Gasteiger partial charge in [-0.05, 0) is 50.6 Å². The molecule has 2 amide bonds. The molecule has 0 saturated heterocycles. The third kappa shape index (κ3) is 6.77. The lowest BCUT2D eigenvalue weighted by molar-refractivity contribution is -0.115. The van der Waals surface area contributed by atoms with Crippen LogP contribution in [-0.4, -0.2) is 23.9 Å². The maximum absolute atomic E-state index is 12.1. The van der Waals surface area contributed by atoms with Crippen LogP contribution in [0.3, 0.4) is 0 Å². The van der Waals surface area contributed by atoms with Gasteiger partial charge in [-0.25, -0.2) is 0 Å². The summed E-state index contributed by atoms with van der Waals surface area (Å²) in [4.78, 5) is 24.0. The van der Waals surface area contributed by atoms with E-state index >= 15 is 0 Å². The predicted octanol–water partition coefficient (Wildman–Crippen LogP) is 2.94. The molecule has 0 aromatic heterocycles. The topological polar surface area (TPSA) is 70.2 Å². The largest absolute Gasteiger partial charge is 0.347 e. The molecule has 3 N–H and O–H groups in total. The van der Waals surface area contributed by atoms with Gasteiger partial charge in [-0.2, -0.15) is 0 Å². The van der Waals surface area contributed by atoms with Gasteiger partial charge in [0, 0.05) is 23.3 Å². The average Bonchev–Trinajstić information content (AvgIpc) is 2.55. The molecular formula is C20H25N3O2. The van der Waals surface area contributed by atoms with Crippen LogP contribution in [0.25, 0.3) is 0 Å². The Morgan fingerprint density at radius 2 is 1.56 bits per heavy atom. The van der Waals surface area contributed by atoms with Gasteiger partial charge in [0.05, 0.1) is 6.54 Å². The summed E-state index contributed by atoms with van der Waals surface area (Å²) < 4.78 is 0. The maximum Gasteiger partial charge on any atom is 0.251 e. The Morgan fingerprint density at radius 3 is 2.16 bits per heavy atom. The predicted molar refractivity (Wildman–Crippen MR) is 100 cm³/mol. The van der Waals surface area contributed by atoms with Crippen LogP contribution in [0.2, 0.25) is 0 Å². The average molecular weight is 339 g/mol. The van der Waals surface area contributed by atoms with Crippen LogP contribution in [0.15, 0.2) is 54.6 Å². The second-order valence-corrected chi connectivity index (χ2v) is 6.92. The Bertz CT molecular complexity index is 704. The van der Waals surface area contributed by atoms with E-state index in [1.165, 1.54) is 0 Å². The number of benzene rings is 2. The molecule has 0 radical (unpaired) electrons. The van der Waals surface area contributed by atoms with E-state index < -0.39 is 0 Å². The van der Waals surface area contributed by atoms with Gasteiger partial charge < -0.3 is 16.0 Å². The Hall–Kier alpha value is -2.66. The van der Waals surface area contributed by atoms with Crippen molar-refractivity contribution >= 4 is 17.5 Å². The zero-order chi connectivity index (χ0) is 18.3. The fourth-order valence-corrected chi connectivity index (χ4v) is 2.24. The van der Waals surface area contributed by atoms with Gasteiger partial charge in [-0.3, -0.25) is 9.59 Å². The Balaban J connectivity index is 1.80. The SMILES string of the molecule is CC(C)(C)NC(=O)c1ccc(NC(=O)CNCc2ccccc2)cc1. The van der Waals surface area contributed by atoms with Gasteiger partial charge in [0.1, 0.15) is 0 Å². The lowest BCUT2D eigenvalue weighted by Crippen LogP contribution is -2.40. The molecule has 0 aliphatic carbocycles. The highest BCUT2D eigenvalue weighted by molar-refractivity contribution is 5.96. The summed E-state index contributed by atoms with van der Waals surface area (Å²) in [6.07, 6.45) is 0. The Labute approximate surface area is 148 Å². The van der Waals surface area contributed by atoms with Crippen molar-refractivity contribution in [3.05, 3.63) is 65.7 Å². The summed E-state index contributed by atoms with van der Waals surface area (Å²) in [6, 6.07) is 16.8. The quantitative estimate of drug-likeness (QED) is 0.758. The van der Waals surface area contributed by atoms with Gasteiger partial charge in [0.2, 0.25) is 5.91 Å². The van der Waals surface area contributed by atoms with Gasteiger partial charge in [0.15, 0.2) is 0 Å². The van der Waals surface area contributed by atoms with Gasteiger partial charge >= 0.3 is 0 Å². The smallest absolute Gasteiger partial charge is 0.251 e. The molecule has 5 heteroatoms. The summed E-state index contributed by atoms with van der Waals surface area (Å²) in [7, 11) is 0. The number of hydrogen-bond acceptors (Lipinski definition) is 3. The first-order chi connectivity index (χ1) is 11.8. The number of hydrogen-bond donors (Lipinski definition) is 3. The fraction of sp³-hybridized carbons (Fsp3) is 0.300. The molecular weight excluding hydrogens is 314 g/mol. The molecule has 2 aromatic carbocycles. The van der Waals surface area contributed by atoms with E-state index in [4.69, 9.17) is 0 Å². The summed E-state index contributed by atoms with van der Waals surface area (Å²) in [5.41, 5.74) is 2.08. The zero-order valence-electron chi connectivity index (χ0n) is 14.9. The number of carbonyl (C=O) groups is 2. The molecule has 0 aliphatic heterocycles. The van der Waals surface area contributed by atoms with Crippen LogP contribution in [-0.2, 0) is 11.3 Å². The van der Waals surface area contributed by atoms with Crippen molar-refractivity contribution in [2.45, 2.75) is 32.9 Å². The van der Waals surface area contributed by atoms with Crippen molar-refractivity contribution in [2.24, 2.45) is 0 Å². The molecule has 2 aromatic rings. The molecule has 0 aliphatic rings. The lowest BCUT2D eigenvalue weighted by atomic mass is 10.1. The van der Waals surface area contributed by atoms with E-state index in [2.05, 4.69) is 16.0 Å². The number of nitrogens with one attached hydrogen (secondary N) is 3. The molecule has 0 atom stereocenters. The summed E-state index contributed by atoms with van der Waals surface area (Å²) in [5, 5.41) is 8.81. The first-order valence-corrected chi connectivity index (χ1v) is 8.30. The summed E-state index contributed by atoms with van der Waals surface area (Å²) >= 11 is 0. The van der Waals surface area contributed by atoms with Crippen molar-refractivity contribution in [3.8, 4) is 0 Å². The first kappa shape index (κ1) is 18.7. The van der Waals surface area contributed by atoms with Crippen LogP contribution in [0, 0.1) is 0 Å². The highest BCUT2D eigenvalue weighted by Gasteiger charge is 2.15. The number of anilines is 1. The Morgan fingerprint density at radius 1 is 0.920 bits per heavy atom. The summed E-state index contributed by atoms with van der Waals surface area (Å²) in [5.74, 6) is -0.252. The molecule has 0 spiro atoms. The highest BCUT2D eigenvalue weighted by atomic mass is 16.2. The third-order valence-corrected chi connectivity index (χ3v) is 3.38. The molecule has 5 nitrogen and oxygen atoms in total. The normalized spacial score (nSPS) is 11.0. The Kier molecular flexibility index (Phi) is 6.31. The van der Waals surface area contributed by atoms with E-state index in [0.717, 1.165) is 5.56 Å².